The molecular formula is C42H57N3O8S. The molecule has 0 spiro atoms. The lowest BCUT2D eigenvalue weighted by molar-refractivity contribution is -0.145. The summed E-state index contributed by atoms with van der Waals surface area (Å²) >= 11 is 0. The van der Waals surface area contributed by atoms with Crippen LogP contribution in [0.25, 0.3) is 10.8 Å². The zero-order chi connectivity index (χ0) is 41.7. The van der Waals surface area contributed by atoms with E-state index in [0.29, 0.717) is 49.3 Å². The van der Waals surface area contributed by atoms with Gasteiger partial charge in [0.05, 0.1) is 40.1 Å². The molecular weight excluding hydrogens is 707 g/mol. The standard InChI is InChI=1S/C42H57N3O8S/c1-26-12-8-9-13-28-21-42(28,39(49)44-54(50,51)41(6)16-17-41)23-35(47)34-20-30(53-37-32-15-11-10-14-31(32)36(52-7)24-43-37)25-45(34)38(48)33(27(2)18-26)19-29(46)22-40(3,4)5/h9-11,13-15,24,26-28,30,33-34H,8,12,16-23,25H2,1-7H3,(H,44,49)/b13-9-/t26-,27+,28+,30+,33-,34-,42+/m0/s1/i7D3. The molecule has 2 aromatic rings. The SMILES string of the molecule is [2H]C([2H])([2H])Oc1cnc(O[C@@H]2C[C@H]3C(=O)C[C@]4(C(=O)NS(=O)(=O)C5(C)CC5)C[C@H]4/C=C\CC[C@H](C)C[C@@H](C)[C@H](CC(=O)CC(C)(C)C)C(=O)N3C2)c2ccccc12. The van der Waals surface area contributed by atoms with Crippen LogP contribution in [0.15, 0.2) is 42.6 Å². The van der Waals surface area contributed by atoms with Crippen molar-refractivity contribution in [2.75, 3.05) is 13.6 Å². The van der Waals surface area contributed by atoms with Gasteiger partial charge in [-0.1, -0.05) is 65.0 Å². The minimum atomic E-state index is -3.97. The van der Waals surface area contributed by atoms with Crippen molar-refractivity contribution in [2.24, 2.45) is 34.5 Å². The molecule has 2 aliphatic carbocycles. The van der Waals surface area contributed by atoms with Crippen LogP contribution in [0.2, 0.25) is 0 Å². The van der Waals surface area contributed by atoms with Gasteiger partial charge in [-0.2, -0.15) is 0 Å². The van der Waals surface area contributed by atoms with Gasteiger partial charge in [-0.25, -0.2) is 13.4 Å². The van der Waals surface area contributed by atoms with Crippen LogP contribution < -0.4 is 14.2 Å². The molecule has 1 saturated heterocycles. The summed E-state index contributed by atoms with van der Waals surface area (Å²) in [5.41, 5.74) is -1.58. The number of fused-ring (bicyclic) bond motifs is 3. The summed E-state index contributed by atoms with van der Waals surface area (Å²) in [4.78, 5) is 63.1. The summed E-state index contributed by atoms with van der Waals surface area (Å²) < 4.78 is 62.3. The second-order valence-corrected chi connectivity index (χ2v) is 20.2. The fraction of sp³-hybridized carbons (Fsp3) is 0.643. The molecule has 54 heavy (non-hydrogen) atoms. The molecule has 3 fully saturated rings. The van der Waals surface area contributed by atoms with Crippen molar-refractivity contribution >= 4 is 44.2 Å². The van der Waals surface area contributed by atoms with Gasteiger partial charge in [0.1, 0.15) is 17.6 Å². The van der Waals surface area contributed by atoms with E-state index >= 15 is 0 Å². The van der Waals surface area contributed by atoms with Crippen molar-refractivity contribution in [2.45, 2.75) is 123 Å². The molecule has 2 saturated carbocycles. The van der Waals surface area contributed by atoms with E-state index in [2.05, 4.69) is 16.6 Å². The van der Waals surface area contributed by atoms with Crippen LogP contribution in [-0.2, 0) is 29.2 Å². The van der Waals surface area contributed by atoms with E-state index in [1.54, 1.807) is 31.2 Å². The van der Waals surface area contributed by atoms with Gasteiger partial charge in [-0.05, 0) is 74.7 Å². The number of carbonyl (C=O) groups is 4. The highest BCUT2D eigenvalue weighted by Crippen LogP contribution is 2.57. The van der Waals surface area contributed by atoms with Gasteiger partial charge >= 0.3 is 0 Å². The van der Waals surface area contributed by atoms with Crippen LogP contribution in [-0.4, -0.2) is 72.2 Å². The van der Waals surface area contributed by atoms with Crippen LogP contribution in [0.3, 0.4) is 0 Å². The van der Waals surface area contributed by atoms with Crippen molar-refractivity contribution in [1.82, 2.24) is 14.6 Å². The Morgan fingerprint density at radius 3 is 2.52 bits per heavy atom. The van der Waals surface area contributed by atoms with E-state index in [1.165, 1.54) is 11.1 Å². The van der Waals surface area contributed by atoms with Crippen LogP contribution >= 0.6 is 0 Å². The molecule has 0 unspecified atom stereocenters. The van der Waals surface area contributed by atoms with Gasteiger partial charge in [0.25, 0.3) is 0 Å². The number of aromatic nitrogens is 1. The maximum atomic E-state index is 14.9. The number of nitrogens with zero attached hydrogens (tertiary/aromatic N) is 2. The molecule has 7 atom stereocenters. The van der Waals surface area contributed by atoms with E-state index < -0.39 is 51.2 Å². The number of methoxy groups -OCH3 is 1. The van der Waals surface area contributed by atoms with Gasteiger partial charge in [0.15, 0.2) is 5.78 Å². The monoisotopic (exact) mass is 766 g/mol. The van der Waals surface area contributed by atoms with Gasteiger partial charge < -0.3 is 14.4 Å². The summed E-state index contributed by atoms with van der Waals surface area (Å²) in [7, 11) is -6.69. The summed E-state index contributed by atoms with van der Waals surface area (Å²) in [6.07, 6.45) is 7.99. The average Bonchev–Trinajstić information content (AvgIpc) is 3.98. The highest BCUT2D eigenvalue weighted by atomic mass is 32.2. The lowest BCUT2D eigenvalue weighted by Gasteiger charge is -2.32. The van der Waals surface area contributed by atoms with Crippen LogP contribution in [0.1, 0.15) is 110 Å². The number of sulfonamides is 1. The number of ether oxygens (including phenoxy) is 2. The minimum Gasteiger partial charge on any atom is -0.494 e. The average molecular weight is 767 g/mol. The minimum absolute atomic E-state index is 0.000264. The Morgan fingerprint density at radius 1 is 1.11 bits per heavy atom. The maximum absolute atomic E-state index is 14.9. The van der Waals surface area contributed by atoms with Crippen molar-refractivity contribution in [1.29, 1.82) is 0 Å². The second kappa shape index (κ2) is 15.0. The molecule has 12 heteroatoms. The molecule has 1 aromatic heterocycles. The molecule has 2 aliphatic heterocycles. The van der Waals surface area contributed by atoms with Crippen molar-refractivity contribution in [3.05, 3.63) is 42.6 Å². The van der Waals surface area contributed by atoms with Crippen LogP contribution in [0.5, 0.6) is 11.6 Å². The first-order valence-corrected chi connectivity index (χ1v) is 20.8. The maximum Gasteiger partial charge on any atom is 0.240 e. The summed E-state index contributed by atoms with van der Waals surface area (Å²) in [6.45, 7) is 11.7. The third-order valence-electron chi connectivity index (χ3n) is 12.1. The Hall–Kier alpha value is -3.80. The largest absolute Gasteiger partial charge is 0.494 e. The normalized spacial score (nSPS) is 31.7. The van der Waals surface area contributed by atoms with Crippen LogP contribution in [0.4, 0.5) is 0 Å². The predicted molar refractivity (Wildman–Crippen MR) is 206 cm³/mol. The first-order chi connectivity index (χ1) is 26.5. The van der Waals surface area contributed by atoms with Gasteiger partial charge in [-0.15, -0.1) is 0 Å². The Bertz CT molecular complexity index is 2040. The number of ketones is 2. The van der Waals surface area contributed by atoms with Crippen LogP contribution in [0, 0.1) is 34.5 Å². The third-order valence-corrected chi connectivity index (χ3v) is 14.2. The zero-order valence-corrected chi connectivity index (χ0v) is 33.2. The lowest BCUT2D eigenvalue weighted by atomic mass is 9.79. The molecule has 4 aliphatic rings. The van der Waals surface area contributed by atoms with Gasteiger partial charge in [0.2, 0.25) is 27.7 Å². The Morgan fingerprint density at radius 2 is 1.83 bits per heavy atom. The first-order valence-electron chi connectivity index (χ1n) is 20.8. The smallest absolute Gasteiger partial charge is 0.240 e. The van der Waals surface area contributed by atoms with Crippen molar-refractivity contribution in [3.8, 4) is 11.6 Å². The highest BCUT2D eigenvalue weighted by molar-refractivity contribution is 7.91. The molecule has 1 N–H and O–H groups in total. The number of allylic oxidation sites excluding steroid dienone is 2. The van der Waals surface area contributed by atoms with E-state index in [-0.39, 0.29) is 78.1 Å². The number of benzene rings is 1. The Labute approximate surface area is 324 Å². The number of nitrogens with one attached hydrogen (secondary N) is 1. The first kappa shape index (κ1) is 35.9. The summed E-state index contributed by atoms with van der Waals surface area (Å²) in [5, 5.41) is 0.929. The number of Topliss-reactive ketones (excluding diaryl/α,β-unsaturated/α-hetero) is 2. The molecule has 6 rings (SSSR count). The van der Waals surface area contributed by atoms with Gasteiger partial charge in [-0.3, -0.25) is 23.9 Å². The Balaban J connectivity index is 1.35. The molecule has 1 aromatic carbocycles. The fourth-order valence-electron chi connectivity index (χ4n) is 8.47. The zero-order valence-electron chi connectivity index (χ0n) is 35.4. The second-order valence-electron chi connectivity index (χ2n) is 18.0. The van der Waals surface area contributed by atoms with E-state index in [1.807, 2.05) is 39.8 Å². The number of hydrogen-bond donors (Lipinski definition) is 1. The Kier molecular flexibility index (Phi) is 9.99. The molecule has 11 nitrogen and oxygen atoms in total. The van der Waals surface area contributed by atoms with E-state index in [0.717, 1.165) is 6.42 Å². The number of carbonyl (C=O) groups excluding carboxylic acids is 4. The van der Waals surface area contributed by atoms with Crippen molar-refractivity contribution < 1.29 is 41.2 Å². The van der Waals surface area contributed by atoms with E-state index in [9.17, 15) is 27.6 Å². The molecule has 2 amide bonds. The topological polar surface area (TPSA) is 149 Å². The summed E-state index contributed by atoms with van der Waals surface area (Å²) in [5.74, 6) is -2.27. The third kappa shape index (κ3) is 8.38. The molecule has 0 bridgehead atoms. The predicted octanol–water partition coefficient (Wildman–Crippen LogP) is 6.58. The quantitative estimate of drug-likeness (QED) is 0.280. The molecule has 294 valence electrons. The number of amides is 2. The van der Waals surface area contributed by atoms with Crippen molar-refractivity contribution in [3.63, 3.8) is 0 Å². The number of rotatable bonds is 9. The molecule has 3 heterocycles. The lowest BCUT2D eigenvalue weighted by Crippen LogP contribution is -2.48. The summed E-state index contributed by atoms with van der Waals surface area (Å²) in [6, 6.07) is 5.86. The fourth-order valence-corrected chi connectivity index (χ4v) is 9.80. The molecule has 0 radical (unpaired) electrons. The highest BCUT2D eigenvalue weighted by Gasteiger charge is 2.62. The van der Waals surface area contributed by atoms with Gasteiger partial charge in [0, 0.05) is 42.4 Å². The number of hydrogen-bond acceptors (Lipinski definition) is 9. The number of pyridine rings is 1. The van der Waals surface area contributed by atoms with E-state index in [4.69, 9.17) is 13.6 Å².